The molecular weight excluding hydrogens is 266 g/mol. The summed E-state index contributed by atoms with van der Waals surface area (Å²) in [5, 5.41) is 3.41. The van der Waals surface area contributed by atoms with E-state index in [2.05, 4.69) is 21.3 Å². The van der Waals surface area contributed by atoms with E-state index in [4.69, 9.17) is 9.47 Å². The molecule has 2 heterocycles. The quantitative estimate of drug-likeness (QED) is 0.935. The largest absolute Gasteiger partial charge is 0.493 e. The number of pyridine rings is 1. The molecule has 3 rings (SSSR count). The highest BCUT2D eigenvalue weighted by atomic mass is 16.5. The third kappa shape index (κ3) is 2.72. The van der Waals surface area contributed by atoms with Crippen LogP contribution in [-0.4, -0.2) is 32.3 Å². The van der Waals surface area contributed by atoms with Crippen molar-refractivity contribution in [3.05, 3.63) is 42.2 Å². The molecule has 2 aromatic rings. The number of nitrogens with zero attached hydrogens (tertiary/aromatic N) is 2. The summed E-state index contributed by atoms with van der Waals surface area (Å²) < 4.78 is 10.8. The van der Waals surface area contributed by atoms with Crippen LogP contribution in [0.25, 0.3) is 0 Å². The van der Waals surface area contributed by atoms with Crippen molar-refractivity contribution in [2.75, 3.05) is 37.5 Å². The maximum absolute atomic E-state index is 5.41. The number of fused-ring (bicyclic) bond motifs is 1. The molecule has 5 nitrogen and oxygen atoms in total. The highest BCUT2D eigenvalue weighted by molar-refractivity contribution is 5.76. The second-order valence-electron chi connectivity index (χ2n) is 4.93. The molecule has 1 aromatic heterocycles. The van der Waals surface area contributed by atoms with E-state index in [1.165, 1.54) is 5.56 Å². The van der Waals surface area contributed by atoms with Gasteiger partial charge in [-0.25, -0.2) is 0 Å². The predicted octanol–water partition coefficient (Wildman–Crippen LogP) is 2.53. The fourth-order valence-electron chi connectivity index (χ4n) is 2.59. The summed E-state index contributed by atoms with van der Waals surface area (Å²) in [6.45, 7) is 2.68. The van der Waals surface area contributed by atoms with Gasteiger partial charge in [-0.05, 0) is 11.6 Å². The summed E-state index contributed by atoms with van der Waals surface area (Å²) in [7, 11) is 3.31. The SMILES string of the molecule is COc1cc2c(cc1OC)N(Cc1cccnc1)CCN2. The first kappa shape index (κ1) is 13.5. The number of hydrogen-bond acceptors (Lipinski definition) is 5. The van der Waals surface area contributed by atoms with Gasteiger partial charge in [0.15, 0.2) is 11.5 Å². The zero-order valence-corrected chi connectivity index (χ0v) is 12.3. The first-order valence-corrected chi connectivity index (χ1v) is 6.95. The molecule has 0 amide bonds. The Morgan fingerprint density at radius 1 is 1.24 bits per heavy atom. The van der Waals surface area contributed by atoms with E-state index in [1.54, 1.807) is 20.4 Å². The third-order valence-electron chi connectivity index (χ3n) is 3.64. The molecule has 0 atom stereocenters. The summed E-state index contributed by atoms with van der Waals surface area (Å²) in [6, 6.07) is 8.07. The Kier molecular flexibility index (Phi) is 3.81. The van der Waals surface area contributed by atoms with Crippen LogP contribution in [0.3, 0.4) is 0 Å². The number of hydrogen-bond donors (Lipinski definition) is 1. The molecule has 0 aliphatic carbocycles. The minimum Gasteiger partial charge on any atom is -0.493 e. The maximum atomic E-state index is 5.41. The summed E-state index contributed by atoms with van der Waals surface area (Å²) in [4.78, 5) is 6.50. The van der Waals surface area contributed by atoms with E-state index in [0.717, 1.165) is 42.5 Å². The average molecular weight is 285 g/mol. The molecule has 0 spiro atoms. The first-order valence-electron chi connectivity index (χ1n) is 6.95. The Hall–Kier alpha value is -2.43. The molecule has 1 aliphatic heterocycles. The zero-order valence-electron chi connectivity index (χ0n) is 12.3. The van der Waals surface area contributed by atoms with Crippen LogP contribution in [0.4, 0.5) is 11.4 Å². The fourth-order valence-corrected chi connectivity index (χ4v) is 2.59. The standard InChI is InChI=1S/C16H19N3O2/c1-20-15-8-13-14(9-16(15)21-2)19(7-6-18-13)11-12-4-3-5-17-10-12/h3-5,8-10,18H,6-7,11H2,1-2H3. The lowest BCUT2D eigenvalue weighted by Gasteiger charge is -2.32. The van der Waals surface area contributed by atoms with Crippen LogP contribution < -0.4 is 19.7 Å². The molecule has 21 heavy (non-hydrogen) atoms. The molecule has 0 saturated heterocycles. The maximum Gasteiger partial charge on any atom is 0.162 e. The molecule has 0 bridgehead atoms. The molecule has 1 aliphatic rings. The van der Waals surface area contributed by atoms with Crippen molar-refractivity contribution in [3.63, 3.8) is 0 Å². The Morgan fingerprint density at radius 3 is 2.76 bits per heavy atom. The van der Waals surface area contributed by atoms with Gasteiger partial charge in [0.05, 0.1) is 25.6 Å². The van der Waals surface area contributed by atoms with Gasteiger partial charge >= 0.3 is 0 Å². The summed E-state index contributed by atoms with van der Waals surface area (Å²) >= 11 is 0. The molecule has 1 N–H and O–H groups in total. The number of rotatable bonds is 4. The lowest BCUT2D eigenvalue weighted by Crippen LogP contribution is -2.33. The van der Waals surface area contributed by atoms with Crippen LogP contribution in [0.1, 0.15) is 5.56 Å². The van der Waals surface area contributed by atoms with Crippen molar-refractivity contribution >= 4 is 11.4 Å². The molecule has 110 valence electrons. The van der Waals surface area contributed by atoms with Crippen molar-refractivity contribution in [2.24, 2.45) is 0 Å². The monoisotopic (exact) mass is 285 g/mol. The van der Waals surface area contributed by atoms with Gasteiger partial charge < -0.3 is 19.7 Å². The molecular formula is C16H19N3O2. The molecule has 0 radical (unpaired) electrons. The summed E-state index contributed by atoms with van der Waals surface area (Å²) in [6.07, 6.45) is 3.70. The Bertz CT molecular complexity index is 616. The van der Waals surface area contributed by atoms with E-state index >= 15 is 0 Å². The second-order valence-corrected chi connectivity index (χ2v) is 4.93. The van der Waals surface area contributed by atoms with Gasteiger partial charge in [-0.15, -0.1) is 0 Å². The Balaban J connectivity index is 1.93. The summed E-state index contributed by atoms with van der Waals surface area (Å²) in [5.74, 6) is 1.49. The number of aromatic nitrogens is 1. The highest BCUT2D eigenvalue weighted by Crippen LogP contribution is 2.40. The van der Waals surface area contributed by atoms with Gasteiger partial charge in [-0.2, -0.15) is 0 Å². The van der Waals surface area contributed by atoms with Crippen molar-refractivity contribution in [3.8, 4) is 11.5 Å². The smallest absolute Gasteiger partial charge is 0.162 e. The topological polar surface area (TPSA) is 46.6 Å². The number of methoxy groups -OCH3 is 2. The minimum atomic E-state index is 0.743. The minimum absolute atomic E-state index is 0.743. The third-order valence-corrected chi connectivity index (χ3v) is 3.64. The number of nitrogens with one attached hydrogen (secondary N) is 1. The van der Waals surface area contributed by atoms with Crippen molar-refractivity contribution < 1.29 is 9.47 Å². The van der Waals surface area contributed by atoms with E-state index in [0.29, 0.717) is 0 Å². The molecule has 0 fully saturated rings. The highest BCUT2D eigenvalue weighted by Gasteiger charge is 2.20. The predicted molar refractivity (Wildman–Crippen MR) is 83.3 cm³/mol. The van der Waals surface area contributed by atoms with Crippen molar-refractivity contribution in [1.29, 1.82) is 0 Å². The van der Waals surface area contributed by atoms with E-state index in [1.807, 2.05) is 24.4 Å². The van der Waals surface area contributed by atoms with Gasteiger partial charge in [0.2, 0.25) is 0 Å². The number of ether oxygens (including phenoxy) is 2. The van der Waals surface area contributed by atoms with Crippen molar-refractivity contribution in [1.82, 2.24) is 4.98 Å². The van der Waals surface area contributed by atoms with Crippen molar-refractivity contribution in [2.45, 2.75) is 6.54 Å². The number of anilines is 2. The van der Waals surface area contributed by atoms with Crippen LogP contribution in [0, 0.1) is 0 Å². The number of benzene rings is 1. The van der Waals surface area contributed by atoms with Crippen LogP contribution >= 0.6 is 0 Å². The van der Waals surface area contributed by atoms with Gasteiger partial charge in [0.25, 0.3) is 0 Å². The van der Waals surface area contributed by atoms with Gasteiger partial charge in [-0.3, -0.25) is 4.98 Å². The Labute approximate surface area is 124 Å². The van der Waals surface area contributed by atoms with Crippen LogP contribution in [0.2, 0.25) is 0 Å². The normalized spacial score (nSPS) is 13.3. The average Bonchev–Trinajstić information content (AvgIpc) is 2.55. The molecule has 5 heteroatoms. The lowest BCUT2D eigenvalue weighted by atomic mass is 10.1. The molecule has 0 saturated carbocycles. The van der Waals surface area contributed by atoms with Gasteiger partial charge in [0, 0.05) is 44.2 Å². The van der Waals surface area contributed by atoms with Gasteiger partial charge in [0.1, 0.15) is 0 Å². The van der Waals surface area contributed by atoms with Crippen LogP contribution in [-0.2, 0) is 6.54 Å². The Morgan fingerprint density at radius 2 is 2.05 bits per heavy atom. The van der Waals surface area contributed by atoms with Crippen LogP contribution in [0.15, 0.2) is 36.7 Å². The van der Waals surface area contributed by atoms with Gasteiger partial charge in [-0.1, -0.05) is 6.07 Å². The van der Waals surface area contributed by atoms with Crippen LogP contribution in [0.5, 0.6) is 11.5 Å². The van der Waals surface area contributed by atoms with E-state index in [-0.39, 0.29) is 0 Å². The lowest BCUT2D eigenvalue weighted by molar-refractivity contribution is 0.355. The summed E-state index contributed by atoms with van der Waals surface area (Å²) in [5.41, 5.74) is 3.39. The first-order chi connectivity index (χ1) is 10.3. The second kappa shape index (κ2) is 5.91. The van der Waals surface area contributed by atoms with E-state index in [9.17, 15) is 0 Å². The fraction of sp³-hybridized carbons (Fsp3) is 0.312. The zero-order chi connectivity index (χ0) is 14.7. The molecule has 1 aromatic carbocycles. The molecule has 0 unspecified atom stereocenters. The van der Waals surface area contributed by atoms with E-state index < -0.39 is 0 Å².